The quantitative estimate of drug-likeness (QED) is 0.764. The number of ketones is 1. The van der Waals surface area contributed by atoms with Crippen molar-refractivity contribution in [2.45, 2.75) is 6.42 Å². The predicted molar refractivity (Wildman–Crippen MR) is 61.5 cm³/mol. The molecule has 0 atom stereocenters. The average molecular weight is 233 g/mol. The Bertz CT molecular complexity index is 482. The number of hydrogen-bond acceptors (Lipinski definition) is 3. The Labute approximate surface area is 98.1 Å². The molecule has 0 saturated carbocycles. The summed E-state index contributed by atoms with van der Waals surface area (Å²) in [5.74, 6) is 0.0252. The van der Waals surface area contributed by atoms with Crippen LogP contribution in [0.2, 0.25) is 5.15 Å². The number of hydrogen-bond donors (Lipinski definition) is 0. The Hall–Kier alpha value is -1.74. The van der Waals surface area contributed by atoms with Crippen molar-refractivity contribution >= 4 is 17.4 Å². The van der Waals surface area contributed by atoms with Gasteiger partial charge in [0.05, 0.1) is 12.1 Å². The lowest BCUT2D eigenvalue weighted by Crippen LogP contribution is -2.05. The number of Topliss-reactive ketones (excluding diaryl/α,β-unsaturated/α-hetero) is 1. The highest BCUT2D eigenvalue weighted by molar-refractivity contribution is 6.29. The van der Waals surface area contributed by atoms with E-state index < -0.39 is 0 Å². The van der Waals surface area contributed by atoms with E-state index in [1.54, 1.807) is 24.3 Å². The summed E-state index contributed by atoms with van der Waals surface area (Å²) in [7, 11) is 0. The zero-order valence-electron chi connectivity index (χ0n) is 8.43. The topological polar surface area (TPSA) is 42.9 Å². The van der Waals surface area contributed by atoms with Gasteiger partial charge in [0.2, 0.25) is 0 Å². The van der Waals surface area contributed by atoms with Gasteiger partial charge in [-0.15, -0.1) is 5.10 Å². The predicted octanol–water partition coefficient (Wildman–Crippen LogP) is 2.56. The molecule has 0 N–H and O–H groups in total. The van der Waals surface area contributed by atoms with Gasteiger partial charge in [0.1, 0.15) is 0 Å². The molecule has 0 aliphatic heterocycles. The molecule has 4 heteroatoms. The van der Waals surface area contributed by atoms with Crippen LogP contribution in [0.5, 0.6) is 0 Å². The monoisotopic (exact) mass is 232 g/mol. The van der Waals surface area contributed by atoms with Gasteiger partial charge in [-0.3, -0.25) is 4.79 Å². The second kappa shape index (κ2) is 4.86. The van der Waals surface area contributed by atoms with Gasteiger partial charge in [0.15, 0.2) is 10.9 Å². The van der Waals surface area contributed by atoms with Gasteiger partial charge >= 0.3 is 0 Å². The zero-order chi connectivity index (χ0) is 11.4. The van der Waals surface area contributed by atoms with Gasteiger partial charge in [-0.05, 0) is 12.1 Å². The molecule has 2 aromatic rings. The van der Waals surface area contributed by atoms with E-state index in [0.717, 1.165) is 0 Å². The second-order valence-electron chi connectivity index (χ2n) is 3.31. The number of carbonyl (C=O) groups excluding carboxylic acids is 1. The highest BCUT2D eigenvalue weighted by Crippen LogP contribution is 2.07. The number of nitrogens with zero attached hydrogens (tertiary/aromatic N) is 2. The van der Waals surface area contributed by atoms with Crippen molar-refractivity contribution in [3.8, 4) is 0 Å². The minimum absolute atomic E-state index is 0.0252. The van der Waals surface area contributed by atoms with E-state index >= 15 is 0 Å². The lowest BCUT2D eigenvalue weighted by atomic mass is 10.1. The summed E-state index contributed by atoms with van der Waals surface area (Å²) in [5.41, 5.74) is 1.30. The third-order valence-electron chi connectivity index (χ3n) is 2.12. The third-order valence-corrected chi connectivity index (χ3v) is 2.33. The summed E-state index contributed by atoms with van der Waals surface area (Å²) in [4.78, 5) is 11.8. The Morgan fingerprint density at radius 2 is 1.81 bits per heavy atom. The van der Waals surface area contributed by atoms with E-state index in [4.69, 9.17) is 11.6 Å². The first-order valence-corrected chi connectivity index (χ1v) is 5.20. The van der Waals surface area contributed by atoms with Crippen LogP contribution < -0.4 is 0 Å². The van der Waals surface area contributed by atoms with Crippen molar-refractivity contribution in [3.63, 3.8) is 0 Å². The minimum atomic E-state index is 0.0252. The molecule has 3 nitrogen and oxygen atoms in total. The number of aromatic nitrogens is 2. The number of halogens is 1. The van der Waals surface area contributed by atoms with Crippen LogP contribution in [0.25, 0.3) is 0 Å². The lowest BCUT2D eigenvalue weighted by molar-refractivity contribution is 0.0991. The highest BCUT2D eigenvalue weighted by atomic mass is 35.5. The van der Waals surface area contributed by atoms with E-state index in [-0.39, 0.29) is 12.2 Å². The van der Waals surface area contributed by atoms with E-state index in [1.165, 1.54) is 0 Å². The van der Waals surface area contributed by atoms with Crippen molar-refractivity contribution in [3.05, 3.63) is 58.9 Å². The van der Waals surface area contributed by atoms with Crippen LogP contribution in [0.15, 0.2) is 42.5 Å². The lowest BCUT2D eigenvalue weighted by Gasteiger charge is -1.99. The van der Waals surface area contributed by atoms with E-state index in [9.17, 15) is 4.79 Å². The van der Waals surface area contributed by atoms with Crippen LogP contribution in [-0.4, -0.2) is 16.0 Å². The van der Waals surface area contributed by atoms with Crippen molar-refractivity contribution in [2.24, 2.45) is 0 Å². The number of rotatable bonds is 3. The largest absolute Gasteiger partial charge is 0.294 e. The van der Waals surface area contributed by atoms with Crippen molar-refractivity contribution in [1.82, 2.24) is 10.2 Å². The molecule has 0 spiro atoms. The Morgan fingerprint density at radius 1 is 1.06 bits per heavy atom. The minimum Gasteiger partial charge on any atom is -0.294 e. The molecule has 0 unspecified atom stereocenters. The fourth-order valence-corrected chi connectivity index (χ4v) is 1.43. The molecule has 0 bridgehead atoms. The molecule has 16 heavy (non-hydrogen) atoms. The summed E-state index contributed by atoms with van der Waals surface area (Å²) in [5, 5.41) is 7.86. The molecule has 2 rings (SSSR count). The van der Waals surface area contributed by atoms with Gasteiger partial charge < -0.3 is 0 Å². The number of carbonyl (C=O) groups is 1. The van der Waals surface area contributed by atoms with Gasteiger partial charge in [-0.1, -0.05) is 41.9 Å². The zero-order valence-corrected chi connectivity index (χ0v) is 9.19. The first kappa shape index (κ1) is 10.8. The molecule has 0 saturated heterocycles. The molecule has 0 fully saturated rings. The molecular weight excluding hydrogens is 224 g/mol. The average Bonchev–Trinajstić information content (AvgIpc) is 2.33. The SMILES string of the molecule is O=C(Cc1ccc(Cl)nn1)c1ccccc1. The molecule has 0 radical (unpaired) electrons. The molecule has 1 aromatic carbocycles. The standard InChI is InChI=1S/C12H9ClN2O/c13-12-7-6-10(14-15-12)8-11(16)9-4-2-1-3-5-9/h1-7H,8H2. The van der Waals surface area contributed by atoms with Crippen LogP contribution in [0, 0.1) is 0 Å². The fraction of sp³-hybridized carbons (Fsp3) is 0.0833. The molecular formula is C12H9ClN2O. The van der Waals surface area contributed by atoms with E-state index in [1.807, 2.05) is 18.2 Å². The number of benzene rings is 1. The van der Waals surface area contributed by atoms with Crippen molar-refractivity contribution in [2.75, 3.05) is 0 Å². The molecule has 0 aliphatic carbocycles. The van der Waals surface area contributed by atoms with E-state index in [2.05, 4.69) is 10.2 Å². The van der Waals surface area contributed by atoms with E-state index in [0.29, 0.717) is 16.4 Å². The maximum absolute atomic E-state index is 11.8. The summed E-state index contributed by atoms with van der Waals surface area (Å²) in [6.45, 7) is 0. The summed E-state index contributed by atoms with van der Waals surface area (Å²) in [6.07, 6.45) is 0.244. The second-order valence-corrected chi connectivity index (χ2v) is 3.70. The molecule has 1 heterocycles. The van der Waals surface area contributed by atoms with Gasteiger partial charge in [0, 0.05) is 5.56 Å². The summed E-state index contributed by atoms with van der Waals surface area (Å²) < 4.78 is 0. The Morgan fingerprint density at radius 3 is 2.44 bits per heavy atom. The van der Waals surface area contributed by atoms with Crippen LogP contribution in [0.1, 0.15) is 16.1 Å². The summed E-state index contributed by atoms with van der Waals surface area (Å²) in [6, 6.07) is 12.4. The molecule has 0 aliphatic rings. The molecule has 0 amide bonds. The first-order chi connectivity index (χ1) is 7.75. The Kier molecular flexibility index (Phi) is 3.27. The van der Waals surface area contributed by atoms with Crippen LogP contribution >= 0.6 is 11.6 Å². The first-order valence-electron chi connectivity index (χ1n) is 4.82. The van der Waals surface area contributed by atoms with Crippen LogP contribution in [-0.2, 0) is 6.42 Å². The Balaban J connectivity index is 2.11. The third kappa shape index (κ3) is 2.64. The van der Waals surface area contributed by atoms with Crippen molar-refractivity contribution < 1.29 is 4.79 Å². The fourth-order valence-electron chi connectivity index (χ4n) is 1.33. The van der Waals surface area contributed by atoms with Crippen LogP contribution in [0.3, 0.4) is 0 Å². The summed E-state index contributed by atoms with van der Waals surface area (Å²) >= 11 is 5.61. The van der Waals surface area contributed by atoms with Gasteiger partial charge in [-0.2, -0.15) is 5.10 Å². The molecule has 80 valence electrons. The smallest absolute Gasteiger partial charge is 0.168 e. The molecule has 1 aromatic heterocycles. The van der Waals surface area contributed by atoms with Crippen molar-refractivity contribution in [1.29, 1.82) is 0 Å². The highest BCUT2D eigenvalue weighted by Gasteiger charge is 2.07. The van der Waals surface area contributed by atoms with Gasteiger partial charge in [0.25, 0.3) is 0 Å². The van der Waals surface area contributed by atoms with Crippen LogP contribution in [0.4, 0.5) is 0 Å². The van der Waals surface area contributed by atoms with Gasteiger partial charge in [-0.25, -0.2) is 0 Å². The maximum atomic E-state index is 11.8. The normalized spacial score (nSPS) is 10.1. The maximum Gasteiger partial charge on any atom is 0.168 e.